The molecule has 0 aromatic carbocycles. The molecule has 1 aliphatic carbocycles. The van der Waals surface area contributed by atoms with Crippen LogP contribution in [-0.2, 0) is 4.74 Å². The molecule has 0 unspecified atom stereocenters. The second-order valence-corrected chi connectivity index (χ2v) is 5.36. The molecule has 1 heterocycles. The number of methoxy groups -OCH3 is 2. The van der Waals surface area contributed by atoms with Crippen LogP contribution in [0.3, 0.4) is 0 Å². The van der Waals surface area contributed by atoms with E-state index in [9.17, 15) is 13.6 Å². The molecule has 1 saturated carbocycles. The summed E-state index contributed by atoms with van der Waals surface area (Å²) in [6, 6.07) is 1.57. The van der Waals surface area contributed by atoms with Gasteiger partial charge in [-0.1, -0.05) is 12.2 Å². The summed E-state index contributed by atoms with van der Waals surface area (Å²) < 4.78 is 36.1. The fraction of sp³-hybridized carbons (Fsp3) is 0.500. The van der Waals surface area contributed by atoms with Crippen molar-refractivity contribution in [2.24, 2.45) is 5.92 Å². The van der Waals surface area contributed by atoms with Gasteiger partial charge in [-0.15, -0.1) is 0 Å². The first kappa shape index (κ1) is 16.4. The predicted octanol–water partition coefficient (Wildman–Crippen LogP) is 3.72. The summed E-state index contributed by atoms with van der Waals surface area (Å²) >= 11 is 0. The van der Waals surface area contributed by atoms with Gasteiger partial charge in [0.15, 0.2) is 0 Å². The molecule has 0 amide bonds. The molecule has 0 bridgehead atoms. The van der Waals surface area contributed by atoms with E-state index in [1.54, 1.807) is 12.1 Å². The average Bonchev–Trinajstić information content (AvgIpc) is 2.52. The van der Waals surface area contributed by atoms with Crippen molar-refractivity contribution in [3.63, 3.8) is 0 Å². The molecule has 0 atom stereocenters. The molecule has 6 heteroatoms. The average molecular weight is 311 g/mol. The van der Waals surface area contributed by atoms with Gasteiger partial charge in [-0.3, -0.25) is 0 Å². The lowest BCUT2D eigenvalue weighted by Crippen LogP contribution is -2.23. The van der Waals surface area contributed by atoms with Gasteiger partial charge in [0.25, 0.3) is 0 Å². The zero-order valence-corrected chi connectivity index (χ0v) is 12.6. The van der Waals surface area contributed by atoms with Crippen molar-refractivity contribution >= 4 is 12.0 Å². The highest BCUT2D eigenvalue weighted by Crippen LogP contribution is 2.37. The van der Waals surface area contributed by atoms with Gasteiger partial charge in [-0.05, 0) is 24.8 Å². The summed E-state index contributed by atoms with van der Waals surface area (Å²) in [6.07, 6.45) is 5.89. The summed E-state index contributed by atoms with van der Waals surface area (Å²) in [7, 11) is 2.79. The number of ether oxygens (including phenoxy) is 2. The first-order chi connectivity index (χ1) is 10.4. The number of esters is 1. The Balaban J connectivity index is 2.13. The number of rotatable bonds is 4. The van der Waals surface area contributed by atoms with Crippen molar-refractivity contribution < 1.29 is 23.0 Å². The van der Waals surface area contributed by atoms with E-state index in [0.717, 1.165) is 0 Å². The summed E-state index contributed by atoms with van der Waals surface area (Å²) in [5, 5.41) is 0. The Morgan fingerprint density at radius 2 is 2.05 bits per heavy atom. The second kappa shape index (κ2) is 6.85. The lowest BCUT2D eigenvalue weighted by Gasteiger charge is -2.26. The van der Waals surface area contributed by atoms with Crippen molar-refractivity contribution in [2.75, 3.05) is 14.2 Å². The van der Waals surface area contributed by atoms with Crippen molar-refractivity contribution in [3.8, 4) is 5.75 Å². The summed E-state index contributed by atoms with van der Waals surface area (Å²) in [6.45, 7) is 0. The molecule has 1 aromatic rings. The molecule has 0 spiro atoms. The lowest BCUT2D eigenvalue weighted by molar-refractivity contribution is -0.0410. The molecular weight excluding hydrogens is 292 g/mol. The monoisotopic (exact) mass is 311 g/mol. The van der Waals surface area contributed by atoms with E-state index < -0.39 is 11.9 Å². The molecule has 0 radical (unpaired) electrons. The maximum Gasteiger partial charge on any atom is 0.356 e. The van der Waals surface area contributed by atoms with Crippen LogP contribution >= 0.6 is 0 Å². The van der Waals surface area contributed by atoms with Gasteiger partial charge in [-0.25, -0.2) is 18.6 Å². The number of pyridine rings is 1. The van der Waals surface area contributed by atoms with Crippen LogP contribution in [0.1, 0.15) is 41.7 Å². The Morgan fingerprint density at radius 3 is 2.64 bits per heavy atom. The van der Waals surface area contributed by atoms with Crippen LogP contribution in [0.4, 0.5) is 8.78 Å². The standard InChI is InChI=1S/C16H19F2NO3/c1-21-14-10-19-13(15(20)22-2)9-12(14)4-3-11-5-7-16(17,18)8-6-11/h3-4,9-11H,5-8H2,1-2H3/b4-3+. The quantitative estimate of drug-likeness (QED) is 0.795. The summed E-state index contributed by atoms with van der Waals surface area (Å²) in [5.41, 5.74) is 0.855. The van der Waals surface area contributed by atoms with Gasteiger partial charge in [0.1, 0.15) is 11.4 Å². The Hall–Kier alpha value is -1.98. The van der Waals surface area contributed by atoms with E-state index in [1.165, 1.54) is 20.4 Å². The van der Waals surface area contributed by atoms with Gasteiger partial charge in [-0.2, -0.15) is 0 Å². The Labute approximate surface area is 128 Å². The molecular formula is C16H19F2NO3. The van der Waals surface area contributed by atoms with Crippen LogP contribution in [0.15, 0.2) is 18.3 Å². The lowest BCUT2D eigenvalue weighted by atomic mass is 9.86. The smallest absolute Gasteiger partial charge is 0.356 e. The third-order valence-corrected chi connectivity index (χ3v) is 3.82. The number of aromatic nitrogens is 1. The zero-order chi connectivity index (χ0) is 16.2. The molecule has 1 aliphatic rings. The van der Waals surface area contributed by atoms with E-state index in [0.29, 0.717) is 24.2 Å². The van der Waals surface area contributed by atoms with E-state index in [-0.39, 0.29) is 24.5 Å². The van der Waals surface area contributed by atoms with Crippen molar-refractivity contribution in [3.05, 3.63) is 29.6 Å². The number of hydrogen-bond donors (Lipinski definition) is 0. The van der Waals surface area contributed by atoms with E-state index >= 15 is 0 Å². The zero-order valence-electron chi connectivity index (χ0n) is 12.6. The number of allylic oxidation sites excluding steroid dienone is 1. The Bertz CT molecular complexity index is 563. The largest absolute Gasteiger partial charge is 0.495 e. The van der Waals surface area contributed by atoms with Crippen LogP contribution in [0.2, 0.25) is 0 Å². The third-order valence-electron chi connectivity index (χ3n) is 3.82. The second-order valence-electron chi connectivity index (χ2n) is 5.36. The number of carbonyl (C=O) groups is 1. The fourth-order valence-electron chi connectivity index (χ4n) is 2.47. The highest BCUT2D eigenvalue weighted by atomic mass is 19.3. The van der Waals surface area contributed by atoms with Crippen LogP contribution in [-0.4, -0.2) is 31.1 Å². The highest BCUT2D eigenvalue weighted by Gasteiger charge is 2.33. The first-order valence-electron chi connectivity index (χ1n) is 7.13. The SMILES string of the molecule is COC(=O)c1cc(/C=C/C2CCC(F)(F)CC2)c(OC)cn1. The van der Waals surface area contributed by atoms with Gasteiger partial charge >= 0.3 is 5.97 Å². The minimum absolute atomic E-state index is 0.0805. The molecule has 1 aromatic heterocycles. The first-order valence-corrected chi connectivity index (χ1v) is 7.13. The molecule has 1 fully saturated rings. The van der Waals surface area contributed by atoms with E-state index in [4.69, 9.17) is 4.74 Å². The maximum absolute atomic E-state index is 13.1. The molecule has 2 rings (SSSR count). The van der Waals surface area contributed by atoms with E-state index in [2.05, 4.69) is 9.72 Å². The van der Waals surface area contributed by atoms with Crippen LogP contribution in [0, 0.1) is 5.92 Å². The van der Waals surface area contributed by atoms with Gasteiger partial charge in [0.2, 0.25) is 5.92 Å². The normalized spacial score (nSPS) is 18.4. The van der Waals surface area contributed by atoms with Crippen molar-refractivity contribution in [1.29, 1.82) is 0 Å². The summed E-state index contributed by atoms with van der Waals surface area (Å²) in [5.74, 6) is -2.43. The number of hydrogen-bond acceptors (Lipinski definition) is 4. The summed E-state index contributed by atoms with van der Waals surface area (Å²) in [4.78, 5) is 15.5. The minimum Gasteiger partial charge on any atom is -0.495 e. The molecule has 120 valence electrons. The van der Waals surface area contributed by atoms with Crippen LogP contribution in [0.5, 0.6) is 5.75 Å². The topological polar surface area (TPSA) is 48.4 Å². The van der Waals surface area contributed by atoms with Gasteiger partial charge < -0.3 is 9.47 Å². The number of halogens is 2. The molecule has 0 saturated heterocycles. The van der Waals surface area contributed by atoms with Crippen molar-refractivity contribution in [2.45, 2.75) is 31.6 Å². The van der Waals surface area contributed by atoms with Crippen LogP contribution in [0.25, 0.3) is 6.08 Å². The minimum atomic E-state index is -2.53. The molecule has 0 aliphatic heterocycles. The number of nitrogens with zero attached hydrogens (tertiary/aromatic N) is 1. The number of carbonyl (C=O) groups excluding carboxylic acids is 1. The Morgan fingerprint density at radius 1 is 1.36 bits per heavy atom. The van der Waals surface area contributed by atoms with Crippen molar-refractivity contribution in [1.82, 2.24) is 4.98 Å². The highest BCUT2D eigenvalue weighted by molar-refractivity contribution is 5.88. The Kier molecular flexibility index (Phi) is 5.11. The maximum atomic E-state index is 13.1. The molecule has 0 N–H and O–H groups in total. The van der Waals surface area contributed by atoms with Gasteiger partial charge in [0, 0.05) is 18.4 Å². The predicted molar refractivity (Wildman–Crippen MR) is 78.1 cm³/mol. The van der Waals surface area contributed by atoms with Gasteiger partial charge in [0.05, 0.1) is 20.4 Å². The third kappa shape index (κ3) is 4.02. The molecule has 22 heavy (non-hydrogen) atoms. The van der Waals surface area contributed by atoms with E-state index in [1.807, 2.05) is 6.08 Å². The fourth-order valence-corrected chi connectivity index (χ4v) is 2.47. The molecule has 4 nitrogen and oxygen atoms in total. The number of alkyl halides is 2. The van der Waals surface area contributed by atoms with Crippen LogP contribution < -0.4 is 4.74 Å².